The number of nitrogens with zero attached hydrogens (tertiary/aromatic N) is 2. The number of nitrogens with one attached hydrogen (secondary N) is 1. The number of benzene rings is 1. The summed E-state index contributed by atoms with van der Waals surface area (Å²) in [6.45, 7) is 5.18. The fourth-order valence-corrected chi connectivity index (χ4v) is 3.04. The van der Waals surface area contributed by atoms with Crippen LogP contribution in [0.25, 0.3) is 0 Å². The zero-order valence-electron chi connectivity index (χ0n) is 14.4. The Hall–Kier alpha value is -2.47. The number of anilines is 2. The molecule has 1 N–H and O–H groups in total. The largest absolute Gasteiger partial charge is 0.494 e. The van der Waals surface area contributed by atoms with Crippen LogP contribution in [0.4, 0.5) is 11.5 Å². The van der Waals surface area contributed by atoms with Crippen LogP contribution in [0.1, 0.15) is 29.9 Å². The molecule has 0 spiro atoms. The Kier molecular flexibility index (Phi) is 4.99. The Morgan fingerprint density at radius 2 is 2.16 bits per heavy atom. The Labute approximate surface area is 151 Å². The molecule has 1 aliphatic heterocycles. The van der Waals surface area contributed by atoms with Crippen LogP contribution in [-0.4, -0.2) is 30.8 Å². The number of carbonyl (C=O) groups excluding carboxylic acids is 1. The summed E-state index contributed by atoms with van der Waals surface area (Å²) in [6, 6.07) is 9.24. The van der Waals surface area contributed by atoms with E-state index in [1.54, 1.807) is 6.07 Å². The van der Waals surface area contributed by atoms with Crippen LogP contribution in [0.3, 0.4) is 0 Å². The predicted octanol–water partition coefficient (Wildman–Crippen LogP) is 3.70. The van der Waals surface area contributed by atoms with Gasteiger partial charge in [0, 0.05) is 11.6 Å². The van der Waals surface area contributed by atoms with Crippen LogP contribution in [0.2, 0.25) is 5.02 Å². The molecule has 0 bridgehead atoms. The van der Waals surface area contributed by atoms with Gasteiger partial charge in [-0.15, -0.1) is 0 Å². The Balaban J connectivity index is 1.84. The van der Waals surface area contributed by atoms with Gasteiger partial charge in [-0.05, 0) is 43.7 Å². The maximum absolute atomic E-state index is 11.6. The van der Waals surface area contributed by atoms with Gasteiger partial charge in [0.1, 0.15) is 5.75 Å². The minimum absolute atomic E-state index is 0.0260. The third kappa shape index (κ3) is 3.49. The molecule has 2 heterocycles. The summed E-state index contributed by atoms with van der Waals surface area (Å²) in [5.41, 5.74) is 2.19. The number of pyridine rings is 1. The van der Waals surface area contributed by atoms with E-state index in [0.29, 0.717) is 24.0 Å². The monoisotopic (exact) mass is 361 g/mol. The van der Waals surface area contributed by atoms with E-state index in [4.69, 9.17) is 21.1 Å². The Morgan fingerprint density at radius 1 is 1.36 bits per heavy atom. The van der Waals surface area contributed by atoms with Gasteiger partial charge < -0.3 is 19.7 Å². The average Bonchev–Trinajstić information content (AvgIpc) is 2.91. The molecule has 1 unspecified atom stereocenters. The minimum atomic E-state index is -0.453. The first-order valence-electron chi connectivity index (χ1n) is 8.07. The molecule has 2 aromatic rings. The highest BCUT2D eigenvalue weighted by Crippen LogP contribution is 2.35. The quantitative estimate of drug-likeness (QED) is 0.819. The van der Waals surface area contributed by atoms with Gasteiger partial charge in [-0.3, -0.25) is 0 Å². The molecular formula is C18H20ClN3O3. The van der Waals surface area contributed by atoms with Crippen molar-refractivity contribution in [1.82, 2.24) is 4.98 Å². The van der Waals surface area contributed by atoms with Crippen LogP contribution in [-0.2, 0) is 11.3 Å². The molecule has 0 fully saturated rings. The lowest BCUT2D eigenvalue weighted by Gasteiger charge is -2.24. The predicted molar refractivity (Wildman–Crippen MR) is 97.5 cm³/mol. The number of methoxy groups -OCH3 is 1. The number of ether oxygens (including phenoxy) is 2. The molecule has 1 aliphatic rings. The second-order valence-electron chi connectivity index (χ2n) is 5.69. The van der Waals surface area contributed by atoms with Crippen molar-refractivity contribution >= 4 is 29.1 Å². The summed E-state index contributed by atoms with van der Waals surface area (Å²) < 4.78 is 10.2. The first-order valence-corrected chi connectivity index (χ1v) is 8.45. The second-order valence-corrected chi connectivity index (χ2v) is 6.10. The number of halogens is 1. The standard InChI is InChI=1S/C18H20ClN3O3/c1-4-25-13-6-5-12(14(19)9-13)10-22-11(2)20-17-16(22)8-7-15(21-17)18(23)24-3/h5-9,11H,4,10H2,1-3H3,(H,20,21). The maximum atomic E-state index is 11.6. The summed E-state index contributed by atoms with van der Waals surface area (Å²) in [7, 11) is 1.34. The first-order chi connectivity index (χ1) is 12.0. The molecule has 6 nitrogen and oxygen atoms in total. The molecular weight excluding hydrogens is 342 g/mol. The fraction of sp³-hybridized carbons (Fsp3) is 0.333. The van der Waals surface area contributed by atoms with Gasteiger partial charge in [0.25, 0.3) is 0 Å². The zero-order chi connectivity index (χ0) is 18.0. The highest BCUT2D eigenvalue weighted by Gasteiger charge is 2.28. The number of hydrogen-bond donors (Lipinski definition) is 1. The van der Waals surface area contributed by atoms with E-state index >= 15 is 0 Å². The van der Waals surface area contributed by atoms with Crippen LogP contribution in [0, 0.1) is 0 Å². The molecule has 0 aliphatic carbocycles. The molecule has 1 aromatic heterocycles. The molecule has 0 saturated heterocycles. The number of carbonyl (C=O) groups is 1. The lowest BCUT2D eigenvalue weighted by Crippen LogP contribution is -2.32. The van der Waals surface area contributed by atoms with Crippen molar-refractivity contribution < 1.29 is 14.3 Å². The fourth-order valence-electron chi connectivity index (χ4n) is 2.81. The molecule has 0 amide bonds. The SMILES string of the molecule is CCOc1ccc(CN2c3ccc(C(=O)OC)nc3NC2C)c(Cl)c1. The lowest BCUT2D eigenvalue weighted by molar-refractivity contribution is 0.0594. The summed E-state index contributed by atoms with van der Waals surface area (Å²) in [5.74, 6) is 0.969. The third-order valence-electron chi connectivity index (χ3n) is 4.07. The van der Waals surface area contributed by atoms with E-state index in [2.05, 4.69) is 15.2 Å². The molecule has 7 heteroatoms. The molecule has 1 atom stereocenters. The summed E-state index contributed by atoms with van der Waals surface area (Å²) >= 11 is 6.40. The van der Waals surface area contributed by atoms with E-state index in [1.165, 1.54) is 7.11 Å². The van der Waals surface area contributed by atoms with Gasteiger partial charge in [-0.1, -0.05) is 17.7 Å². The van der Waals surface area contributed by atoms with Crippen molar-refractivity contribution in [1.29, 1.82) is 0 Å². The van der Waals surface area contributed by atoms with E-state index in [1.807, 2.05) is 38.1 Å². The van der Waals surface area contributed by atoms with E-state index in [0.717, 1.165) is 17.0 Å². The first kappa shape index (κ1) is 17.4. The Bertz CT molecular complexity index is 797. The Morgan fingerprint density at radius 3 is 2.84 bits per heavy atom. The van der Waals surface area contributed by atoms with Gasteiger partial charge in [0.2, 0.25) is 0 Å². The minimum Gasteiger partial charge on any atom is -0.494 e. The number of esters is 1. The van der Waals surface area contributed by atoms with Gasteiger partial charge in [0.15, 0.2) is 11.5 Å². The average molecular weight is 362 g/mol. The van der Waals surface area contributed by atoms with Crippen molar-refractivity contribution in [2.24, 2.45) is 0 Å². The van der Waals surface area contributed by atoms with E-state index in [9.17, 15) is 4.79 Å². The summed E-state index contributed by atoms with van der Waals surface area (Å²) in [4.78, 5) is 18.1. The van der Waals surface area contributed by atoms with Crippen molar-refractivity contribution in [3.05, 3.63) is 46.6 Å². The highest BCUT2D eigenvalue weighted by atomic mass is 35.5. The zero-order valence-corrected chi connectivity index (χ0v) is 15.1. The van der Waals surface area contributed by atoms with Gasteiger partial charge in [-0.2, -0.15) is 0 Å². The molecule has 25 heavy (non-hydrogen) atoms. The molecule has 132 valence electrons. The van der Waals surface area contributed by atoms with Crippen LogP contribution >= 0.6 is 11.6 Å². The highest BCUT2D eigenvalue weighted by molar-refractivity contribution is 6.31. The molecule has 0 saturated carbocycles. The van der Waals surface area contributed by atoms with Gasteiger partial charge in [-0.25, -0.2) is 9.78 Å². The summed E-state index contributed by atoms with van der Waals surface area (Å²) in [6.07, 6.45) is 0.0260. The maximum Gasteiger partial charge on any atom is 0.356 e. The number of rotatable bonds is 5. The van der Waals surface area contributed by atoms with Crippen molar-refractivity contribution in [2.45, 2.75) is 26.6 Å². The number of hydrogen-bond acceptors (Lipinski definition) is 6. The summed E-state index contributed by atoms with van der Waals surface area (Å²) in [5, 5.41) is 3.94. The normalized spacial score (nSPS) is 15.5. The van der Waals surface area contributed by atoms with Crippen molar-refractivity contribution in [3.8, 4) is 5.75 Å². The van der Waals surface area contributed by atoms with Crippen LogP contribution < -0.4 is 15.0 Å². The van der Waals surface area contributed by atoms with E-state index in [-0.39, 0.29) is 11.9 Å². The van der Waals surface area contributed by atoms with Gasteiger partial charge in [0.05, 0.1) is 25.6 Å². The second kappa shape index (κ2) is 7.19. The smallest absolute Gasteiger partial charge is 0.356 e. The van der Waals surface area contributed by atoms with Gasteiger partial charge >= 0.3 is 5.97 Å². The van der Waals surface area contributed by atoms with Crippen molar-refractivity contribution in [2.75, 3.05) is 23.9 Å². The number of fused-ring (bicyclic) bond motifs is 1. The van der Waals surface area contributed by atoms with E-state index < -0.39 is 5.97 Å². The van der Waals surface area contributed by atoms with Crippen LogP contribution in [0.5, 0.6) is 5.75 Å². The molecule has 3 rings (SSSR count). The topological polar surface area (TPSA) is 63.7 Å². The third-order valence-corrected chi connectivity index (χ3v) is 4.42. The number of aromatic nitrogens is 1. The van der Waals surface area contributed by atoms with Crippen molar-refractivity contribution in [3.63, 3.8) is 0 Å². The lowest BCUT2D eigenvalue weighted by atomic mass is 10.2. The molecule has 0 radical (unpaired) electrons. The van der Waals surface area contributed by atoms with Crippen LogP contribution in [0.15, 0.2) is 30.3 Å². The molecule has 1 aromatic carbocycles.